The second-order valence-electron chi connectivity index (χ2n) is 12.1. The average Bonchev–Trinajstić information content (AvgIpc) is 3.54. The van der Waals surface area contributed by atoms with E-state index in [1.165, 1.54) is 26.2 Å². The van der Waals surface area contributed by atoms with Crippen LogP contribution in [0, 0.1) is 0 Å². The molecular weight excluding hydrogens is 743 g/mol. The zero-order chi connectivity index (χ0) is 39.1. The maximum absolute atomic E-state index is 13.5. The lowest BCUT2D eigenvalue weighted by molar-refractivity contribution is -0.218. The quantitative estimate of drug-likeness (QED) is 0.0291. The molecule has 3 unspecified atom stereocenters. The Balaban J connectivity index is 0.00000202. The first-order valence-corrected chi connectivity index (χ1v) is 17.9. The van der Waals surface area contributed by atoms with Crippen LogP contribution in [0.15, 0.2) is 41.1 Å². The number of hydrogen-bond acceptors (Lipinski definition) is 17. The minimum Gasteiger partial charge on any atom is -0.485 e. The first kappa shape index (κ1) is 40.3. The van der Waals surface area contributed by atoms with Crippen LogP contribution in [-0.4, -0.2) is 110 Å². The number of carbonyl (C=O) groups is 4. The lowest BCUT2D eigenvalue weighted by Gasteiger charge is -2.50. The Morgan fingerprint density at radius 1 is 1.26 bits per heavy atom. The molecule has 2 aliphatic rings. The van der Waals surface area contributed by atoms with Crippen molar-refractivity contribution in [2.45, 2.75) is 63.3 Å². The third-order valence-corrected chi connectivity index (χ3v) is 9.13. The van der Waals surface area contributed by atoms with Gasteiger partial charge in [-0.15, -0.1) is 15.6 Å². The van der Waals surface area contributed by atoms with Gasteiger partial charge in [0.1, 0.15) is 17.5 Å². The van der Waals surface area contributed by atoms with Crippen LogP contribution in [0.4, 0.5) is 11.1 Å². The molecule has 0 radical (unpaired) electrons. The number of carboxylic acid groups (broad SMARTS) is 2. The van der Waals surface area contributed by atoms with E-state index in [-0.39, 0.29) is 23.7 Å². The number of fused-ring (bicyclic) bond motifs is 1. The lowest BCUT2D eigenvalue weighted by atomic mass is 9.84. The lowest BCUT2D eigenvalue weighted by Crippen LogP contribution is -2.76. The number of nitrogens with one attached hydrogen (secondary N) is 2. The number of nitrogen functional groups attached to an aromatic ring is 1. The molecule has 1 saturated heterocycles. The Hall–Kier alpha value is -5.49. The van der Waals surface area contributed by atoms with Gasteiger partial charge in [-0.2, -0.15) is 13.5 Å². The number of benzene rings is 1. The summed E-state index contributed by atoms with van der Waals surface area (Å²) in [6.07, 6.45) is 3.72. The Kier molecular flexibility index (Phi) is 12.5. The predicted octanol–water partition coefficient (Wildman–Crippen LogP) is 0.442. The first-order chi connectivity index (χ1) is 24.9. The number of anilines is 2. The van der Waals surface area contributed by atoms with E-state index < -0.39 is 57.2 Å². The molecule has 53 heavy (non-hydrogen) atoms. The summed E-state index contributed by atoms with van der Waals surface area (Å²) in [5, 5.41) is 28.4. The van der Waals surface area contributed by atoms with Crippen molar-refractivity contribution in [2.24, 2.45) is 10.9 Å². The molecule has 9 N–H and O–H groups in total. The number of β-lactam (4-membered cyclic amide) rings is 1. The number of aryl methyl sites for hydroxylation is 1. The van der Waals surface area contributed by atoms with Crippen molar-refractivity contribution in [3.8, 4) is 16.9 Å². The van der Waals surface area contributed by atoms with E-state index in [2.05, 4.69) is 35.0 Å². The van der Waals surface area contributed by atoms with Crippen molar-refractivity contribution in [2.75, 3.05) is 24.1 Å². The van der Waals surface area contributed by atoms with Gasteiger partial charge in [0.25, 0.3) is 23.9 Å². The largest absolute Gasteiger partial charge is 0.485 e. The number of hydroxylamine groups is 2. The number of ether oxygens (including phenoxy) is 1. The van der Waals surface area contributed by atoms with Gasteiger partial charge in [0.05, 0.1) is 5.54 Å². The summed E-state index contributed by atoms with van der Waals surface area (Å²) in [5.74, 6) is -2.54. The number of amides is 2. The van der Waals surface area contributed by atoms with E-state index in [4.69, 9.17) is 35.5 Å². The molecule has 0 spiro atoms. The Bertz CT molecular complexity index is 1970. The van der Waals surface area contributed by atoms with E-state index in [0.717, 1.165) is 34.4 Å². The van der Waals surface area contributed by atoms with E-state index in [1.807, 2.05) is 6.07 Å². The van der Waals surface area contributed by atoms with Crippen LogP contribution in [0.5, 0.6) is 5.75 Å². The molecule has 1 aromatic carbocycles. The molecule has 286 valence electrons. The fraction of sp³-hybridized carbons (Fsp3) is 0.400. The summed E-state index contributed by atoms with van der Waals surface area (Å²) in [6, 6.07) is 4.07. The predicted molar refractivity (Wildman–Crippen MR) is 187 cm³/mol. The molecule has 5 rings (SSSR count). The van der Waals surface area contributed by atoms with Crippen LogP contribution in [0.2, 0.25) is 0 Å². The van der Waals surface area contributed by atoms with Gasteiger partial charge in [0, 0.05) is 29.9 Å². The topological polar surface area (TPSA) is 321 Å². The van der Waals surface area contributed by atoms with Crippen LogP contribution >= 0.6 is 11.3 Å². The normalized spacial score (nSPS) is 18.8. The molecule has 23 heteroatoms. The van der Waals surface area contributed by atoms with Gasteiger partial charge in [-0.25, -0.2) is 19.7 Å². The highest BCUT2D eigenvalue weighted by Gasteiger charge is 2.58. The first-order valence-electron chi connectivity index (χ1n) is 15.6. The van der Waals surface area contributed by atoms with Crippen molar-refractivity contribution in [3.63, 3.8) is 0 Å². The third kappa shape index (κ3) is 9.31. The fourth-order valence-electron chi connectivity index (χ4n) is 5.22. The zero-order valence-electron chi connectivity index (χ0n) is 28.5. The van der Waals surface area contributed by atoms with Crippen molar-refractivity contribution < 1.29 is 56.2 Å². The Labute approximate surface area is 306 Å². The summed E-state index contributed by atoms with van der Waals surface area (Å²) < 4.78 is 41.8. The molecule has 1 fully saturated rings. The number of nitrogens with two attached hydrogens (primary N) is 2. The molecule has 3 atom stereocenters. The molecule has 0 saturated carbocycles. The van der Waals surface area contributed by atoms with Gasteiger partial charge in [0.15, 0.2) is 16.9 Å². The molecule has 2 amide bonds. The van der Waals surface area contributed by atoms with Crippen molar-refractivity contribution in [1.29, 1.82) is 0 Å². The Morgan fingerprint density at radius 2 is 1.94 bits per heavy atom. The van der Waals surface area contributed by atoms with Gasteiger partial charge < -0.3 is 41.9 Å². The second kappa shape index (κ2) is 16.5. The monoisotopic (exact) mass is 779 g/mol. The molecule has 0 aliphatic carbocycles. The van der Waals surface area contributed by atoms with Gasteiger partial charge in [-0.3, -0.25) is 18.9 Å². The summed E-state index contributed by atoms with van der Waals surface area (Å²) >= 11 is 0.964. The van der Waals surface area contributed by atoms with E-state index in [9.17, 15) is 27.9 Å². The molecule has 4 heterocycles. The molecule has 2 aliphatic heterocycles. The van der Waals surface area contributed by atoms with Gasteiger partial charge >= 0.3 is 16.4 Å². The van der Waals surface area contributed by atoms with Crippen LogP contribution < -0.4 is 26.8 Å². The van der Waals surface area contributed by atoms with Crippen molar-refractivity contribution >= 4 is 62.8 Å². The van der Waals surface area contributed by atoms with Crippen LogP contribution in [0.1, 0.15) is 44.9 Å². The highest BCUT2D eigenvalue weighted by molar-refractivity contribution is 7.80. The second-order valence-corrected chi connectivity index (χ2v) is 14.0. The third-order valence-electron chi connectivity index (χ3n) is 8.12. The fourth-order valence-corrected chi connectivity index (χ4v) is 6.22. The highest BCUT2D eigenvalue weighted by atomic mass is 32.3. The SMILES string of the molecule is CC(ON=C(C(=O)NC1C(=O)N(OS(=O)(=O)O)C1(C)C)c1csc(N)n1)(C(=O)O)C1CCc2cc(-c3cnc(NCCCN)nc3)ccc2O1.O=CO. The summed E-state index contributed by atoms with van der Waals surface area (Å²) in [6.45, 7) is 4.94. The number of hydrogen-bond donors (Lipinski definition) is 7. The number of aromatic nitrogens is 3. The van der Waals surface area contributed by atoms with Gasteiger partial charge in [-0.1, -0.05) is 11.2 Å². The summed E-state index contributed by atoms with van der Waals surface area (Å²) in [4.78, 5) is 65.4. The molecule has 2 aromatic heterocycles. The van der Waals surface area contributed by atoms with Crippen LogP contribution in [0.3, 0.4) is 0 Å². The number of aliphatic carboxylic acids is 1. The minimum absolute atomic E-state index is 0.0579. The number of thiazole rings is 1. The zero-order valence-corrected chi connectivity index (χ0v) is 30.1. The maximum atomic E-state index is 13.5. The number of carbonyl (C=O) groups excluding carboxylic acids is 2. The highest BCUT2D eigenvalue weighted by Crippen LogP contribution is 2.37. The van der Waals surface area contributed by atoms with E-state index in [1.54, 1.807) is 24.5 Å². The van der Waals surface area contributed by atoms with Gasteiger partial charge in [-0.05, 0) is 69.8 Å². The molecule has 21 nitrogen and oxygen atoms in total. The molecule has 0 bridgehead atoms. The molecular formula is C30H37N9O12S2. The minimum atomic E-state index is -5.03. The number of carboxylic acids is 1. The number of rotatable bonds is 14. The van der Waals surface area contributed by atoms with E-state index >= 15 is 0 Å². The number of oxime groups is 1. The van der Waals surface area contributed by atoms with Crippen LogP contribution in [-0.2, 0) is 45.1 Å². The molecule has 3 aromatic rings. The average molecular weight is 780 g/mol. The van der Waals surface area contributed by atoms with Crippen molar-refractivity contribution in [3.05, 3.63) is 47.2 Å². The Morgan fingerprint density at radius 3 is 2.51 bits per heavy atom. The van der Waals surface area contributed by atoms with Gasteiger partial charge in [0.2, 0.25) is 5.95 Å². The van der Waals surface area contributed by atoms with Crippen LogP contribution in [0.25, 0.3) is 11.1 Å². The van der Waals surface area contributed by atoms with Crippen molar-refractivity contribution in [1.82, 2.24) is 25.3 Å². The standard InChI is InChI=1S/C29H35N9O10S2.CH2O2/c1-28(2)22(24(40)38(28)48-50(43,44)45)36-23(39)21(18-14-49-26(31)35-18)37-47-29(3,25(41)42)20-8-6-16-11-15(5-7-19(16)46-20)17-12-33-27(34-13-17)32-10-4-9-30;2-1-3/h5,7,11-14,20,22H,4,6,8-10,30H2,1-3H3,(H2,31,35)(H,36,39)(H,41,42)(H,32,33,34)(H,43,44,45);1H,(H,2,3). The summed E-state index contributed by atoms with van der Waals surface area (Å²) in [5.41, 5.74) is 9.54. The smallest absolute Gasteiger partial charge is 0.418 e. The number of nitrogens with zero attached hydrogens (tertiary/aromatic N) is 5. The maximum Gasteiger partial charge on any atom is 0.418 e. The van der Waals surface area contributed by atoms with E-state index in [0.29, 0.717) is 36.3 Å². The summed E-state index contributed by atoms with van der Waals surface area (Å²) in [7, 11) is -5.03.